The first-order valence-corrected chi connectivity index (χ1v) is 6.97. The van der Waals surface area contributed by atoms with Gasteiger partial charge in [-0.05, 0) is 19.9 Å². The zero-order chi connectivity index (χ0) is 15.0. The van der Waals surface area contributed by atoms with Crippen molar-refractivity contribution in [3.63, 3.8) is 0 Å². The fourth-order valence-corrected chi connectivity index (χ4v) is 2.64. The van der Waals surface area contributed by atoms with Crippen molar-refractivity contribution in [3.05, 3.63) is 23.0 Å². The van der Waals surface area contributed by atoms with E-state index in [2.05, 4.69) is 20.8 Å². The Balaban J connectivity index is 0.00000176. The summed E-state index contributed by atoms with van der Waals surface area (Å²) in [6.07, 6.45) is -0.415. The van der Waals surface area contributed by atoms with E-state index in [1.54, 1.807) is 19.9 Å². The molecule has 8 heteroatoms. The lowest BCUT2D eigenvalue weighted by atomic mass is 10.1. The van der Waals surface area contributed by atoms with E-state index in [1.165, 1.54) is 0 Å². The molecule has 1 saturated heterocycles. The number of aryl methyl sites for hydroxylation is 2. The standard InChI is InChI=1S/C14H18N4O3.ClH/c1-7-3-10(12-8(2)18-21-14(12)17-7)13(20)16-5-9-4-15-6-11(9)19;/h3,9,11,15,19H,4-6H2,1-2H3,(H,16,20);1H. The average Bonchev–Trinajstić information content (AvgIpc) is 3.02. The van der Waals surface area contributed by atoms with E-state index in [1.807, 2.05) is 0 Å². The molecular weight excluding hydrogens is 308 g/mol. The minimum atomic E-state index is -0.415. The molecule has 1 aliphatic heterocycles. The molecule has 2 atom stereocenters. The van der Waals surface area contributed by atoms with Crippen molar-refractivity contribution >= 4 is 29.4 Å². The lowest BCUT2D eigenvalue weighted by Crippen LogP contribution is -2.34. The number of pyridine rings is 1. The fraction of sp³-hybridized carbons (Fsp3) is 0.500. The van der Waals surface area contributed by atoms with Gasteiger partial charge in [-0.3, -0.25) is 4.79 Å². The Morgan fingerprint density at radius 2 is 2.27 bits per heavy atom. The third kappa shape index (κ3) is 3.06. The summed E-state index contributed by atoms with van der Waals surface area (Å²) in [6, 6.07) is 1.73. The van der Waals surface area contributed by atoms with Gasteiger partial charge in [-0.25, -0.2) is 4.98 Å². The van der Waals surface area contributed by atoms with Crippen molar-refractivity contribution < 1.29 is 14.4 Å². The number of nitrogens with zero attached hydrogens (tertiary/aromatic N) is 2. The van der Waals surface area contributed by atoms with Crippen molar-refractivity contribution in [1.29, 1.82) is 0 Å². The maximum absolute atomic E-state index is 12.4. The number of amides is 1. The van der Waals surface area contributed by atoms with E-state index >= 15 is 0 Å². The highest BCUT2D eigenvalue weighted by Crippen LogP contribution is 2.21. The molecule has 0 bridgehead atoms. The van der Waals surface area contributed by atoms with Crippen LogP contribution >= 0.6 is 12.4 Å². The van der Waals surface area contributed by atoms with Crippen molar-refractivity contribution in [2.45, 2.75) is 20.0 Å². The second kappa shape index (κ2) is 6.60. The molecule has 120 valence electrons. The second-order valence-electron chi connectivity index (χ2n) is 5.46. The highest BCUT2D eigenvalue weighted by atomic mass is 35.5. The van der Waals surface area contributed by atoms with Crippen LogP contribution in [0.25, 0.3) is 11.1 Å². The maximum atomic E-state index is 12.4. The summed E-state index contributed by atoms with van der Waals surface area (Å²) in [5.74, 6) is -0.160. The maximum Gasteiger partial charge on any atom is 0.258 e. The minimum Gasteiger partial charge on any atom is -0.391 e. The smallest absolute Gasteiger partial charge is 0.258 e. The first kappa shape index (κ1) is 16.7. The normalized spacial score (nSPS) is 20.9. The number of halogens is 1. The fourth-order valence-electron chi connectivity index (χ4n) is 2.64. The highest BCUT2D eigenvalue weighted by Gasteiger charge is 2.26. The molecule has 3 heterocycles. The van der Waals surface area contributed by atoms with Crippen LogP contribution < -0.4 is 10.6 Å². The van der Waals surface area contributed by atoms with Gasteiger partial charge in [0.2, 0.25) is 0 Å². The second-order valence-corrected chi connectivity index (χ2v) is 5.46. The number of aromatic nitrogens is 2. The van der Waals surface area contributed by atoms with Gasteiger partial charge in [0.05, 0.1) is 22.7 Å². The zero-order valence-corrected chi connectivity index (χ0v) is 13.2. The van der Waals surface area contributed by atoms with E-state index < -0.39 is 6.10 Å². The van der Waals surface area contributed by atoms with E-state index in [0.29, 0.717) is 47.7 Å². The number of aliphatic hydroxyl groups is 1. The van der Waals surface area contributed by atoms with E-state index in [0.717, 1.165) is 0 Å². The number of carbonyl (C=O) groups is 1. The number of nitrogens with one attached hydrogen (secondary N) is 2. The van der Waals surface area contributed by atoms with Crippen LogP contribution in [0.1, 0.15) is 21.7 Å². The van der Waals surface area contributed by atoms with Gasteiger partial charge in [0.1, 0.15) is 0 Å². The molecule has 2 aromatic rings. The molecular formula is C14H19ClN4O3. The monoisotopic (exact) mass is 326 g/mol. The predicted molar refractivity (Wildman–Crippen MR) is 83.2 cm³/mol. The third-order valence-electron chi connectivity index (χ3n) is 3.82. The molecule has 2 unspecified atom stereocenters. The summed E-state index contributed by atoms with van der Waals surface area (Å²) < 4.78 is 5.12. The average molecular weight is 327 g/mol. The molecule has 2 aromatic heterocycles. The van der Waals surface area contributed by atoms with Crippen LogP contribution in [0, 0.1) is 19.8 Å². The molecule has 3 rings (SSSR count). The van der Waals surface area contributed by atoms with Crippen LogP contribution in [0.4, 0.5) is 0 Å². The first-order valence-electron chi connectivity index (χ1n) is 6.97. The molecule has 0 saturated carbocycles. The predicted octanol–water partition coefficient (Wildman–Crippen LogP) is 0.572. The molecule has 1 fully saturated rings. The molecule has 1 amide bonds. The summed E-state index contributed by atoms with van der Waals surface area (Å²) in [6.45, 7) is 5.30. The van der Waals surface area contributed by atoms with Crippen molar-refractivity contribution in [2.75, 3.05) is 19.6 Å². The van der Waals surface area contributed by atoms with Gasteiger partial charge >= 0.3 is 0 Å². The Bertz CT molecular complexity index is 688. The highest BCUT2D eigenvalue weighted by molar-refractivity contribution is 6.06. The number of hydrogen-bond donors (Lipinski definition) is 3. The van der Waals surface area contributed by atoms with Gasteiger partial charge < -0.3 is 20.3 Å². The number of aliphatic hydroxyl groups excluding tert-OH is 1. The summed E-state index contributed by atoms with van der Waals surface area (Å²) in [4.78, 5) is 16.6. The molecule has 0 radical (unpaired) electrons. The number of carbonyl (C=O) groups excluding carboxylic acids is 1. The molecule has 7 nitrogen and oxygen atoms in total. The lowest BCUT2D eigenvalue weighted by molar-refractivity contribution is 0.0928. The van der Waals surface area contributed by atoms with Crippen LogP contribution in [-0.4, -0.2) is 46.9 Å². The molecule has 0 spiro atoms. The topological polar surface area (TPSA) is 100 Å². The van der Waals surface area contributed by atoms with Crippen LogP contribution in [0.15, 0.2) is 10.6 Å². The van der Waals surface area contributed by atoms with Gasteiger partial charge in [0.25, 0.3) is 11.6 Å². The van der Waals surface area contributed by atoms with E-state index in [9.17, 15) is 9.90 Å². The molecule has 0 aliphatic carbocycles. The Labute approximate surface area is 133 Å². The number of rotatable bonds is 3. The Morgan fingerprint density at radius 3 is 2.95 bits per heavy atom. The Morgan fingerprint density at radius 1 is 1.50 bits per heavy atom. The summed E-state index contributed by atoms with van der Waals surface area (Å²) in [5, 5.41) is 20.2. The van der Waals surface area contributed by atoms with Crippen LogP contribution in [0.2, 0.25) is 0 Å². The number of fused-ring (bicyclic) bond motifs is 1. The van der Waals surface area contributed by atoms with Crippen LogP contribution in [0.5, 0.6) is 0 Å². The Hall–Kier alpha value is -1.70. The van der Waals surface area contributed by atoms with Crippen molar-refractivity contribution in [1.82, 2.24) is 20.8 Å². The van der Waals surface area contributed by atoms with Gasteiger partial charge in [0.15, 0.2) is 0 Å². The molecule has 1 aliphatic rings. The van der Waals surface area contributed by atoms with E-state index in [4.69, 9.17) is 4.52 Å². The number of hydrogen-bond acceptors (Lipinski definition) is 6. The molecule has 0 aromatic carbocycles. The van der Waals surface area contributed by atoms with Gasteiger partial charge in [0, 0.05) is 31.2 Å². The van der Waals surface area contributed by atoms with Crippen molar-refractivity contribution in [3.8, 4) is 0 Å². The third-order valence-corrected chi connectivity index (χ3v) is 3.82. The minimum absolute atomic E-state index is 0. The van der Waals surface area contributed by atoms with E-state index in [-0.39, 0.29) is 24.2 Å². The van der Waals surface area contributed by atoms with Crippen LogP contribution in [-0.2, 0) is 0 Å². The Kier molecular flexibility index (Phi) is 5.00. The zero-order valence-electron chi connectivity index (χ0n) is 12.4. The van der Waals surface area contributed by atoms with Crippen molar-refractivity contribution in [2.24, 2.45) is 5.92 Å². The summed E-state index contributed by atoms with van der Waals surface area (Å²) in [5.41, 5.74) is 2.23. The van der Waals surface area contributed by atoms with Crippen LogP contribution in [0.3, 0.4) is 0 Å². The summed E-state index contributed by atoms with van der Waals surface area (Å²) >= 11 is 0. The van der Waals surface area contributed by atoms with Gasteiger partial charge in [-0.15, -0.1) is 12.4 Å². The largest absolute Gasteiger partial charge is 0.391 e. The van der Waals surface area contributed by atoms with Gasteiger partial charge in [-0.1, -0.05) is 5.16 Å². The SMILES string of the molecule is Cc1cc(C(=O)NCC2CNCC2O)c2c(C)noc2n1.Cl. The molecule has 3 N–H and O–H groups in total. The molecule has 22 heavy (non-hydrogen) atoms. The lowest BCUT2D eigenvalue weighted by Gasteiger charge is -2.14. The quantitative estimate of drug-likeness (QED) is 0.762. The number of β-amino-alcohol motifs (C(OH)–C–C–N with tert-alkyl or cyclic N) is 1. The van der Waals surface area contributed by atoms with Gasteiger partial charge in [-0.2, -0.15) is 0 Å². The first-order chi connectivity index (χ1) is 10.1. The summed E-state index contributed by atoms with van der Waals surface area (Å²) in [7, 11) is 0.